The number of ether oxygens (including phenoxy) is 1. The molecule has 0 N–H and O–H groups in total. The quantitative estimate of drug-likeness (QED) is 0.582. The van der Waals surface area contributed by atoms with Gasteiger partial charge in [-0.2, -0.15) is 0 Å². The summed E-state index contributed by atoms with van der Waals surface area (Å²) in [6.45, 7) is 8.78. The van der Waals surface area contributed by atoms with E-state index >= 15 is 0 Å². The minimum atomic E-state index is 0.0141. The van der Waals surface area contributed by atoms with Crippen molar-refractivity contribution in [1.29, 1.82) is 0 Å². The summed E-state index contributed by atoms with van der Waals surface area (Å²) >= 11 is 1.43. The van der Waals surface area contributed by atoms with E-state index in [1.54, 1.807) is 4.90 Å². The number of aryl methyl sites for hydroxylation is 1. The second kappa shape index (κ2) is 9.11. The first-order chi connectivity index (χ1) is 13.5. The number of hydrogen-bond donors (Lipinski definition) is 0. The van der Waals surface area contributed by atoms with Gasteiger partial charge in [0.25, 0.3) is 5.91 Å². The molecule has 1 aliphatic heterocycles. The second-order valence-corrected chi connectivity index (χ2v) is 8.04. The number of carbonyl (C=O) groups is 1. The molecule has 0 aromatic heterocycles. The second-order valence-electron chi connectivity index (χ2n) is 7.03. The number of thioether (sulfide) groups is 1. The largest absolute Gasteiger partial charge is 0.491 e. The maximum Gasteiger partial charge on any atom is 0.266 e. The lowest BCUT2D eigenvalue weighted by Gasteiger charge is -2.14. The molecule has 0 spiro atoms. The molecule has 1 amide bonds. The van der Waals surface area contributed by atoms with E-state index in [0.29, 0.717) is 11.4 Å². The van der Waals surface area contributed by atoms with Gasteiger partial charge in [0, 0.05) is 6.54 Å². The molecule has 0 saturated carbocycles. The van der Waals surface area contributed by atoms with E-state index in [2.05, 4.69) is 6.92 Å². The highest BCUT2D eigenvalue weighted by Crippen LogP contribution is 2.34. The number of rotatable bonds is 6. The number of aliphatic imine (C=N–C) groups is 1. The summed E-state index contributed by atoms with van der Waals surface area (Å²) in [6, 6.07) is 15.8. The molecule has 2 aromatic carbocycles. The molecule has 1 aliphatic rings. The first-order valence-corrected chi connectivity index (χ1v) is 10.4. The predicted molar refractivity (Wildman–Crippen MR) is 118 cm³/mol. The van der Waals surface area contributed by atoms with Crippen LogP contribution in [0.15, 0.2) is 58.4 Å². The van der Waals surface area contributed by atoms with Gasteiger partial charge in [-0.1, -0.05) is 36.8 Å². The first kappa shape index (κ1) is 20.2. The van der Waals surface area contributed by atoms with E-state index in [4.69, 9.17) is 9.73 Å². The molecule has 28 heavy (non-hydrogen) atoms. The zero-order valence-electron chi connectivity index (χ0n) is 16.8. The lowest BCUT2D eigenvalue weighted by molar-refractivity contribution is -0.122. The molecule has 0 unspecified atom stereocenters. The maximum absolute atomic E-state index is 12.9. The van der Waals surface area contributed by atoms with Crippen molar-refractivity contribution >= 4 is 34.6 Å². The smallest absolute Gasteiger partial charge is 0.266 e. The van der Waals surface area contributed by atoms with Gasteiger partial charge in [-0.25, -0.2) is 4.99 Å². The first-order valence-electron chi connectivity index (χ1n) is 9.59. The van der Waals surface area contributed by atoms with Crippen molar-refractivity contribution in [3.8, 4) is 5.75 Å². The van der Waals surface area contributed by atoms with Gasteiger partial charge in [-0.05, 0) is 74.9 Å². The molecule has 0 bridgehead atoms. The summed E-state index contributed by atoms with van der Waals surface area (Å²) in [4.78, 5) is 20.1. The SMILES string of the molecule is CCCN1C(=O)/C(=C\c2ccc(OC(C)C)cc2)SC1=Nc1ccc(C)cc1. The summed E-state index contributed by atoms with van der Waals surface area (Å²) in [5, 5.41) is 0.738. The molecule has 3 rings (SSSR count). The lowest BCUT2D eigenvalue weighted by atomic mass is 10.2. The third-order valence-corrected chi connectivity index (χ3v) is 5.15. The lowest BCUT2D eigenvalue weighted by Crippen LogP contribution is -2.29. The highest BCUT2D eigenvalue weighted by molar-refractivity contribution is 8.18. The molecule has 4 nitrogen and oxygen atoms in total. The predicted octanol–water partition coefficient (Wildman–Crippen LogP) is 5.80. The van der Waals surface area contributed by atoms with E-state index in [1.807, 2.05) is 75.4 Å². The molecule has 2 aromatic rings. The zero-order chi connectivity index (χ0) is 20.1. The van der Waals surface area contributed by atoms with E-state index in [1.165, 1.54) is 17.3 Å². The monoisotopic (exact) mass is 394 g/mol. The molecule has 0 atom stereocenters. The van der Waals surface area contributed by atoms with E-state index in [9.17, 15) is 4.79 Å². The van der Waals surface area contributed by atoms with Crippen LogP contribution in [0.5, 0.6) is 5.75 Å². The zero-order valence-corrected chi connectivity index (χ0v) is 17.6. The normalized spacial score (nSPS) is 17.2. The molecule has 0 aliphatic carbocycles. The van der Waals surface area contributed by atoms with Gasteiger partial charge in [0.15, 0.2) is 5.17 Å². The van der Waals surface area contributed by atoms with Gasteiger partial charge in [0.1, 0.15) is 5.75 Å². The van der Waals surface area contributed by atoms with Crippen molar-refractivity contribution in [3.63, 3.8) is 0 Å². The van der Waals surface area contributed by atoms with E-state index < -0.39 is 0 Å². The Kier molecular flexibility index (Phi) is 6.57. The Morgan fingerprint density at radius 2 is 1.79 bits per heavy atom. The van der Waals surface area contributed by atoms with Crippen molar-refractivity contribution in [2.45, 2.75) is 40.2 Å². The van der Waals surface area contributed by atoms with Crippen LogP contribution in [-0.4, -0.2) is 28.6 Å². The van der Waals surface area contributed by atoms with Crippen LogP contribution in [0, 0.1) is 6.92 Å². The average Bonchev–Trinajstić information content (AvgIpc) is 2.94. The average molecular weight is 395 g/mol. The Morgan fingerprint density at radius 1 is 1.11 bits per heavy atom. The fraction of sp³-hybridized carbons (Fsp3) is 0.304. The molecular weight excluding hydrogens is 368 g/mol. The minimum absolute atomic E-state index is 0.0141. The summed E-state index contributed by atoms with van der Waals surface area (Å²) in [6.07, 6.45) is 2.94. The van der Waals surface area contributed by atoms with Crippen LogP contribution < -0.4 is 4.74 Å². The van der Waals surface area contributed by atoms with Gasteiger partial charge in [0.05, 0.1) is 16.7 Å². The Hall–Kier alpha value is -2.53. The molecule has 1 heterocycles. The van der Waals surface area contributed by atoms with Gasteiger partial charge >= 0.3 is 0 Å². The summed E-state index contributed by atoms with van der Waals surface area (Å²) in [5.41, 5.74) is 3.02. The van der Waals surface area contributed by atoms with Gasteiger partial charge < -0.3 is 4.74 Å². The van der Waals surface area contributed by atoms with Crippen molar-refractivity contribution in [2.24, 2.45) is 4.99 Å². The number of carbonyl (C=O) groups excluding carboxylic acids is 1. The van der Waals surface area contributed by atoms with Crippen LogP contribution in [0.25, 0.3) is 6.08 Å². The van der Waals surface area contributed by atoms with Crippen LogP contribution in [0.4, 0.5) is 5.69 Å². The van der Waals surface area contributed by atoms with Crippen LogP contribution in [0.1, 0.15) is 38.3 Å². The van der Waals surface area contributed by atoms with Crippen molar-refractivity contribution in [3.05, 3.63) is 64.6 Å². The van der Waals surface area contributed by atoms with Crippen molar-refractivity contribution in [2.75, 3.05) is 6.54 Å². The molecule has 146 valence electrons. The van der Waals surface area contributed by atoms with Gasteiger partial charge in [0.2, 0.25) is 0 Å². The molecule has 5 heteroatoms. The Bertz CT molecular complexity index is 884. The van der Waals surface area contributed by atoms with E-state index in [-0.39, 0.29) is 12.0 Å². The van der Waals surface area contributed by atoms with Gasteiger partial charge in [-0.3, -0.25) is 9.69 Å². The summed E-state index contributed by atoms with van der Waals surface area (Å²) in [7, 11) is 0. The van der Waals surface area contributed by atoms with Crippen LogP contribution in [0.2, 0.25) is 0 Å². The fourth-order valence-corrected chi connectivity index (χ4v) is 3.83. The molecule has 0 radical (unpaired) electrons. The Morgan fingerprint density at radius 3 is 2.39 bits per heavy atom. The van der Waals surface area contributed by atoms with Crippen molar-refractivity contribution in [1.82, 2.24) is 4.90 Å². The van der Waals surface area contributed by atoms with Crippen LogP contribution in [0.3, 0.4) is 0 Å². The topological polar surface area (TPSA) is 41.9 Å². The number of benzene rings is 2. The number of nitrogens with zero attached hydrogens (tertiary/aromatic N) is 2. The summed E-state index contributed by atoms with van der Waals surface area (Å²) < 4.78 is 5.68. The van der Waals surface area contributed by atoms with Crippen LogP contribution in [-0.2, 0) is 4.79 Å². The highest BCUT2D eigenvalue weighted by Gasteiger charge is 2.32. The van der Waals surface area contributed by atoms with Crippen LogP contribution >= 0.6 is 11.8 Å². The maximum atomic E-state index is 12.9. The molecule has 1 saturated heterocycles. The summed E-state index contributed by atoms with van der Waals surface area (Å²) in [5.74, 6) is 0.844. The number of amides is 1. The van der Waals surface area contributed by atoms with Crippen molar-refractivity contribution < 1.29 is 9.53 Å². The Labute approximate surface area is 171 Å². The third-order valence-electron chi connectivity index (χ3n) is 4.14. The third kappa shape index (κ3) is 5.04. The van der Waals surface area contributed by atoms with Gasteiger partial charge in [-0.15, -0.1) is 0 Å². The number of hydrogen-bond acceptors (Lipinski definition) is 4. The fourth-order valence-electron chi connectivity index (χ4n) is 2.81. The number of amidine groups is 1. The minimum Gasteiger partial charge on any atom is -0.491 e. The molecule has 1 fully saturated rings. The molecular formula is C23H26N2O2S. The Balaban J connectivity index is 1.85. The highest BCUT2D eigenvalue weighted by atomic mass is 32.2. The van der Waals surface area contributed by atoms with E-state index in [0.717, 1.165) is 28.6 Å². The standard InChI is InChI=1S/C23H26N2O2S/c1-5-14-25-22(26)21(15-18-8-12-20(13-9-18)27-16(2)3)28-23(25)24-19-10-6-17(4)7-11-19/h6-13,15-16H,5,14H2,1-4H3/b21-15+,24-23?.